The Morgan fingerprint density at radius 3 is 2.20 bits per heavy atom. The van der Waals surface area contributed by atoms with E-state index in [1.165, 1.54) is 43.3 Å². The van der Waals surface area contributed by atoms with Crippen LogP contribution < -0.4 is 5.73 Å². The molecule has 2 aromatic rings. The molecule has 1 amide bonds. The van der Waals surface area contributed by atoms with Crippen molar-refractivity contribution >= 4 is 23.2 Å². The van der Waals surface area contributed by atoms with Gasteiger partial charge in [-0.25, -0.2) is 4.39 Å². The summed E-state index contributed by atoms with van der Waals surface area (Å²) in [5.41, 5.74) is 1.78. The lowest BCUT2D eigenvalue weighted by molar-refractivity contribution is -0.169. The zero-order chi connectivity index (χ0) is 28.7. The first-order valence-electron chi connectivity index (χ1n) is 12.2. The quantitative estimate of drug-likeness (QED) is 0.309. The van der Waals surface area contributed by atoms with Crippen molar-refractivity contribution in [3.8, 4) is 16.9 Å². The summed E-state index contributed by atoms with van der Waals surface area (Å²) in [7, 11) is 2.89. The van der Waals surface area contributed by atoms with Crippen LogP contribution in [0.3, 0.4) is 0 Å². The van der Waals surface area contributed by atoms with Crippen molar-refractivity contribution in [3.05, 3.63) is 70.2 Å². The average Bonchev–Trinajstić information content (AvgIpc) is 2.86. The van der Waals surface area contributed by atoms with E-state index >= 15 is 0 Å². The predicted molar refractivity (Wildman–Crippen MR) is 142 cm³/mol. The van der Waals surface area contributed by atoms with Crippen molar-refractivity contribution in [2.24, 2.45) is 17.6 Å². The molecule has 0 radical (unpaired) electrons. The summed E-state index contributed by atoms with van der Waals surface area (Å²) in [5, 5.41) is 56.9. The molecular formula is C29H31FN2O8. The Hall–Kier alpha value is -4.06. The van der Waals surface area contributed by atoms with Crippen molar-refractivity contribution in [2.45, 2.75) is 38.0 Å². The summed E-state index contributed by atoms with van der Waals surface area (Å²) in [4.78, 5) is 40.6. The van der Waals surface area contributed by atoms with E-state index in [-0.39, 0.29) is 18.6 Å². The van der Waals surface area contributed by atoms with Crippen LogP contribution in [0.1, 0.15) is 31.4 Å². The number of nitrogens with zero attached hydrogens (tertiary/aromatic N) is 1. The number of fused-ring (bicyclic) bond motifs is 3. The van der Waals surface area contributed by atoms with Gasteiger partial charge in [-0.1, -0.05) is 38.6 Å². The van der Waals surface area contributed by atoms with Crippen molar-refractivity contribution in [2.75, 3.05) is 14.1 Å². The highest BCUT2D eigenvalue weighted by Crippen LogP contribution is 2.56. The van der Waals surface area contributed by atoms with E-state index in [2.05, 4.69) is 0 Å². The highest BCUT2D eigenvalue weighted by Gasteiger charge is 2.68. The summed E-state index contributed by atoms with van der Waals surface area (Å²) >= 11 is 0. The minimum Gasteiger partial charge on any atom is -0.508 e. The first-order chi connectivity index (χ1) is 18.2. The molecule has 0 spiro atoms. The smallest absolute Gasteiger partial charge is 0.255 e. The number of hydrogen-bond donors (Lipinski definition) is 6. The number of halogens is 1. The third-order valence-corrected chi connectivity index (χ3v) is 8.28. The van der Waals surface area contributed by atoms with Gasteiger partial charge in [-0.15, -0.1) is 0 Å². The van der Waals surface area contributed by atoms with E-state index < -0.39 is 87.2 Å². The first kappa shape index (κ1) is 28.9. The number of phenolic OH excluding ortho intramolecular Hbond substituents is 1. The molecule has 3 aliphatic carbocycles. The van der Waals surface area contributed by atoms with E-state index in [4.69, 9.17) is 5.73 Å². The van der Waals surface area contributed by atoms with Gasteiger partial charge in [-0.3, -0.25) is 19.3 Å². The van der Waals surface area contributed by atoms with Crippen LogP contribution in [-0.4, -0.2) is 79.7 Å². The van der Waals surface area contributed by atoms with E-state index in [0.29, 0.717) is 11.1 Å². The number of amides is 1. The maximum Gasteiger partial charge on any atom is 0.255 e. The summed E-state index contributed by atoms with van der Waals surface area (Å²) in [5.74, 6) is -10.0. The number of likely N-dealkylation sites (N-methyl/N-ethyl adjacent to an activating group) is 1. The number of aliphatic hydroxyl groups is 4. The Kier molecular flexibility index (Phi) is 6.90. The molecular weight excluding hydrogens is 523 g/mol. The minimum atomic E-state index is -2.98. The molecule has 5 rings (SSSR count). The van der Waals surface area contributed by atoms with E-state index in [1.54, 1.807) is 19.1 Å². The zero-order valence-corrected chi connectivity index (χ0v) is 21.2. The van der Waals surface area contributed by atoms with Crippen LogP contribution in [0.4, 0.5) is 4.39 Å². The molecule has 40 heavy (non-hydrogen) atoms. The number of benzene rings is 2. The number of nitrogens with two attached hydrogens (primary N) is 1. The Balaban J connectivity index is 0.00000370. The number of hydrogen-bond acceptors (Lipinski definition) is 9. The third kappa shape index (κ3) is 3.61. The number of carbonyl (C=O) groups excluding carboxylic acids is 3. The lowest BCUT2D eigenvalue weighted by Gasteiger charge is -2.53. The van der Waals surface area contributed by atoms with Gasteiger partial charge in [0.1, 0.15) is 28.7 Å². The summed E-state index contributed by atoms with van der Waals surface area (Å²) in [6.07, 6.45) is -1.67. The fourth-order valence-corrected chi connectivity index (χ4v) is 6.48. The molecule has 7 N–H and O–H groups in total. The molecule has 1 fully saturated rings. The molecule has 0 unspecified atom stereocenters. The standard InChI is InChI=1S/C28H27FN2O8.CH4/c1-10-13-8-9-14(11-4-6-12(29)7-5-11)21(32)16(13)22(33)17-15(10)23(34)19-20(31(2)3)24(35)18(27(30)38)26(37)28(19,39)25(17)36;/h4-10,15,19-20,23,32-34,37,39H,1-3H3,(H2,30,38);1H4/t10-,15+,19+,20-,23-,28+;/m1./s1. The van der Waals surface area contributed by atoms with Crippen LogP contribution in [0.2, 0.25) is 0 Å². The fourth-order valence-electron chi connectivity index (χ4n) is 6.48. The van der Waals surface area contributed by atoms with Gasteiger partial charge < -0.3 is 31.3 Å². The number of rotatable bonds is 3. The number of carbonyl (C=O) groups is 3. The molecule has 0 bridgehead atoms. The Morgan fingerprint density at radius 1 is 1.05 bits per heavy atom. The van der Waals surface area contributed by atoms with E-state index in [9.17, 15) is 44.3 Å². The number of ketones is 2. The number of aliphatic hydroxyl groups excluding tert-OH is 3. The van der Waals surface area contributed by atoms with Crippen molar-refractivity contribution in [1.29, 1.82) is 0 Å². The normalized spacial score (nSPS) is 29.5. The highest BCUT2D eigenvalue weighted by molar-refractivity contribution is 6.24. The van der Waals surface area contributed by atoms with Crippen LogP contribution >= 0.6 is 0 Å². The maximum atomic E-state index is 14.0. The molecule has 11 heteroatoms. The Labute approximate surface area is 229 Å². The third-order valence-electron chi connectivity index (χ3n) is 8.28. The summed E-state index contributed by atoms with van der Waals surface area (Å²) in [6, 6.07) is 6.98. The van der Waals surface area contributed by atoms with Gasteiger partial charge in [0, 0.05) is 17.1 Å². The zero-order valence-electron chi connectivity index (χ0n) is 21.2. The average molecular weight is 555 g/mol. The van der Waals surface area contributed by atoms with Crippen LogP contribution in [0.5, 0.6) is 5.75 Å². The molecule has 0 saturated heterocycles. The predicted octanol–water partition coefficient (Wildman–Crippen LogP) is 1.94. The molecule has 1 saturated carbocycles. The molecule has 0 heterocycles. The van der Waals surface area contributed by atoms with Crippen molar-refractivity contribution < 1.29 is 44.3 Å². The molecule has 10 nitrogen and oxygen atoms in total. The molecule has 0 aromatic heterocycles. The van der Waals surface area contributed by atoms with Crippen molar-refractivity contribution in [3.63, 3.8) is 0 Å². The summed E-state index contributed by atoms with van der Waals surface area (Å²) < 4.78 is 13.5. The summed E-state index contributed by atoms with van der Waals surface area (Å²) in [6.45, 7) is 1.65. The van der Waals surface area contributed by atoms with Gasteiger partial charge in [0.25, 0.3) is 5.91 Å². The molecule has 0 aliphatic heterocycles. The largest absolute Gasteiger partial charge is 0.508 e. The monoisotopic (exact) mass is 554 g/mol. The number of phenols is 1. The van der Waals surface area contributed by atoms with Gasteiger partial charge in [0.15, 0.2) is 11.4 Å². The van der Waals surface area contributed by atoms with Crippen LogP contribution in [0.25, 0.3) is 16.9 Å². The van der Waals surface area contributed by atoms with Gasteiger partial charge in [0.05, 0.1) is 23.6 Å². The second-order valence-electron chi connectivity index (χ2n) is 10.5. The number of aromatic hydroxyl groups is 1. The molecule has 3 aliphatic rings. The van der Waals surface area contributed by atoms with Gasteiger partial charge >= 0.3 is 0 Å². The van der Waals surface area contributed by atoms with E-state index in [0.717, 1.165) is 0 Å². The number of primary amides is 1. The second kappa shape index (κ2) is 9.54. The lowest BCUT2D eigenvalue weighted by Crippen LogP contribution is -2.70. The second-order valence-corrected chi connectivity index (χ2v) is 10.5. The molecule has 6 atom stereocenters. The minimum absolute atomic E-state index is 0. The topological polar surface area (TPSA) is 182 Å². The van der Waals surface area contributed by atoms with Crippen molar-refractivity contribution in [1.82, 2.24) is 4.90 Å². The Morgan fingerprint density at radius 2 is 1.65 bits per heavy atom. The highest BCUT2D eigenvalue weighted by atomic mass is 19.1. The van der Waals surface area contributed by atoms with Gasteiger partial charge in [-0.05, 0) is 43.3 Å². The molecule has 2 aromatic carbocycles. The maximum absolute atomic E-state index is 14.0. The van der Waals surface area contributed by atoms with E-state index in [1.807, 2.05) is 0 Å². The van der Waals surface area contributed by atoms with Crippen LogP contribution in [0.15, 0.2) is 53.3 Å². The lowest BCUT2D eigenvalue weighted by atomic mass is 9.54. The van der Waals surface area contributed by atoms with Crippen LogP contribution in [0, 0.1) is 17.7 Å². The van der Waals surface area contributed by atoms with Crippen LogP contribution in [-0.2, 0) is 14.4 Å². The molecule has 212 valence electrons. The SMILES string of the molecule is C.C[C@@H]1c2ccc(-c3ccc(F)cc3)c(O)c2C(O)=C2C(=O)[C@]3(O)C(O)=C(C(N)=O)C(=O)[C@H](N(C)C)[C@H]3[C@H](O)[C@H]21. The van der Waals surface area contributed by atoms with Gasteiger partial charge in [0.2, 0.25) is 5.78 Å². The number of Topliss-reactive ketones (excluding diaryl/α,β-unsaturated/α-hetero) is 2. The fraction of sp³-hybridized carbons (Fsp3) is 0.345. The first-order valence-corrected chi connectivity index (χ1v) is 12.2. The van der Waals surface area contributed by atoms with Gasteiger partial charge in [-0.2, -0.15) is 0 Å². The Bertz CT molecular complexity index is 1510.